The van der Waals surface area contributed by atoms with Gasteiger partial charge in [0.15, 0.2) is 17.3 Å². The fourth-order valence-electron chi connectivity index (χ4n) is 3.00. The van der Waals surface area contributed by atoms with E-state index in [4.69, 9.17) is 18.7 Å². The van der Waals surface area contributed by atoms with Crippen LogP contribution >= 0.6 is 0 Å². The molecule has 28 heavy (non-hydrogen) atoms. The highest BCUT2D eigenvalue weighted by Crippen LogP contribution is 2.34. The fourth-order valence-corrected chi connectivity index (χ4v) is 3.00. The zero-order valence-corrected chi connectivity index (χ0v) is 14.7. The van der Waals surface area contributed by atoms with Crippen molar-refractivity contribution in [2.45, 2.75) is 6.61 Å². The Hall–Kier alpha value is -3.81. The molecule has 8 heteroatoms. The van der Waals surface area contributed by atoms with Gasteiger partial charge in [0.05, 0.1) is 22.9 Å². The van der Waals surface area contributed by atoms with Gasteiger partial charge in [0, 0.05) is 11.6 Å². The zero-order chi connectivity index (χ0) is 18.9. The Morgan fingerprint density at radius 1 is 1.07 bits per heavy atom. The second-order valence-corrected chi connectivity index (χ2v) is 6.25. The van der Waals surface area contributed by atoms with E-state index in [-0.39, 0.29) is 6.61 Å². The number of carbonyl (C=O) groups excluding carboxylic acids is 1. The van der Waals surface area contributed by atoms with E-state index in [0.717, 1.165) is 16.6 Å². The largest absolute Gasteiger partial charge is 0.486 e. The number of esters is 1. The maximum absolute atomic E-state index is 12.3. The molecule has 1 aliphatic heterocycles. The maximum atomic E-state index is 12.3. The quantitative estimate of drug-likeness (QED) is 0.545. The van der Waals surface area contributed by atoms with E-state index in [1.807, 2.05) is 18.2 Å². The van der Waals surface area contributed by atoms with Crippen LogP contribution in [0.4, 0.5) is 0 Å². The summed E-state index contributed by atoms with van der Waals surface area (Å²) in [6, 6.07) is 12.4. The molecule has 0 fully saturated rings. The van der Waals surface area contributed by atoms with Crippen LogP contribution in [0.2, 0.25) is 0 Å². The predicted octanol–water partition coefficient (Wildman–Crippen LogP) is 3.35. The second-order valence-electron chi connectivity index (χ2n) is 6.25. The van der Waals surface area contributed by atoms with Gasteiger partial charge in [-0.15, -0.1) is 0 Å². The number of benzene rings is 2. The molecule has 0 atom stereocenters. The summed E-state index contributed by atoms with van der Waals surface area (Å²) in [6.45, 7) is 1.06. The molecule has 0 bridgehead atoms. The second kappa shape index (κ2) is 6.73. The SMILES string of the molecule is O=C(OCc1cc(-c2ccc3c(c2)OCCO3)on1)c1ccc2nc[nH]c2c1. The number of hydrogen-bond donors (Lipinski definition) is 1. The summed E-state index contributed by atoms with van der Waals surface area (Å²) in [4.78, 5) is 19.4. The molecule has 2 aromatic carbocycles. The van der Waals surface area contributed by atoms with Crippen LogP contribution < -0.4 is 9.47 Å². The Kier molecular flexibility index (Phi) is 3.93. The standard InChI is InChI=1S/C20H15N3O5/c24-20(13-1-3-15-16(7-13)22-11-21-15)27-10-14-9-18(28-23-14)12-2-4-17-19(8-12)26-6-5-25-17/h1-4,7-9,11H,5-6,10H2,(H,21,22). The van der Waals surface area contributed by atoms with E-state index in [0.29, 0.717) is 41.7 Å². The van der Waals surface area contributed by atoms with Crippen LogP contribution in [-0.2, 0) is 11.3 Å². The highest BCUT2D eigenvalue weighted by atomic mass is 16.6. The number of imidazole rings is 1. The van der Waals surface area contributed by atoms with Gasteiger partial charge in [0.1, 0.15) is 25.5 Å². The number of nitrogens with zero attached hydrogens (tertiary/aromatic N) is 2. The van der Waals surface area contributed by atoms with Crippen molar-refractivity contribution in [1.29, 1.82) is 0 Å². The third-order valence-electron chi connectivity index (χ3n) is 4.39. The van der Waals surface area contributed by atoms with Crippen molar-refractivity contribution in [3.05, 3.63) is 60.0 Å². The summed E-state index contributed by atoms with van der Waals surface area (Å²) in [5, 5.41) is 3.97. The molecule has 0 saturated carbocycles. The average Bonchev–Trinajstić information content (AvgIpc) is 3.40. The van der Waals surface area contributed by atoms with Gasteiger partial charge in [0.25, 0.3) is 0 Å². The molecule has 0 saturated heterocycles. The minimum absolute atomic E-state index is 0.00784. The van der Waals surface area contributed by atoms with Gasteiger partial charge in [-0.3, -0.25) is 0 Å². The summed E-state index contributed by atoms with van der Waals surface area (Å²) < 4.78 is 21.8. The lowest BCUT2D eigenvalue weighted by Gasteiger charge is -2.18. The number of carbonyl (C=O) groups is 1. The van der Waals surface area contributed by atoms with Crippen LogP contribution in [0.25, 0.3) is 22.4 Å². The Bertz CT molecular complexity index is 1160. The first kappa shape index (κ1) is 16.4. The number of rotatable bonds is 4. The molecular weight excluding hydrogens is 362 g/mol. The average molecular weight is 377 g/mol. The van der Waals surface area contributed by atoms with Crippen molar-refractivity contribution < 1.29 is 23.5 Å². The van der Waals surface area contributed by atoms with Crippen LogP contribution in [0.15, 0.2) is 53.3 Å². The van der Waals surface area contributed by atoms with E-state index >= 15 is 0 Å². The Labute approximate surface area is 159 Å². The molecule has 8 nitrogen and oxygen atoms in total. The van der Waals surface area contributed by atoms with E-state index < -0.39 is 5.97 Å². The van der Waals surface area contributed by atoms with Crippen molar-refractivity contribution in [2.75, 3.05) is 13.2 Å². The number of nitrogens with one attached hydrogen (secondary N) is 1. The summed E-state index contributed by atoms with van der Waals surface area (Å²) >= 11 is 0. The molecule has 1 N–H and O–H groups in total. The summed E-state index contributed by atoms with van der Waals surface area (Å²) in [7, 11) is 0. The predicted molar refractivity (Wildman–Crippen MR) is 98.1 cm³/mol. The van der Waals surface area contributed by atoms with Crippen molar-refractivity contribution in [3.63, 3.8) is 0 Å². The maximum Gasteiger partial charge on any atom is 0.338 e. The molecule has 5 rings (SSSR count). The minimum atomic E-state index is -0.444. The lowest BCUT2D eigenvalue weighted by molar-refractivity contribution is 0.0464. The van der Waals surface area contributed by atoms with Gasteiger partial charge in [-0.1, -0.05) is 5.16 Å². The third-order valence-corrected chi connectivity index (χ3v) is 4.39. The Balaban J connectivity index is 1.28. The Morgan fingerprint density at radius 3 is 2.89 bits per heavy atom. The van der Waals surface area contributed by atoms with E-state index in [9.17, 15) is 4.79 Å². The number of fused-ring (bicyclic) bond motifs is 2. The van der Waals surface area contributed by atoms with Gasteiger partial charge in [-0.2, -0.15) is 0 Å². The number of ether oxygens (including phenoxy) is 3. The smallest absolute Gasteiger partial charge is 0.338 e. The third kappa shape index (κ3) is 3.05. The van der Waals surface area contributed by atoms with Crippen LogP contribution in [0.1, 0.15) is 16.1 Å². The lowest BCUT2D eigenvalue weighted by atomic mass is 10.1. The van der Waals surface area contributed by atoms with Crippen molar-refractivity contribution >= 4 is 17.0 Å². The highest BCUT2D eigenvalue weighted by molar-refractivity contribution is 5.93. The first-order valence-electron chi connectivity index (χ1n) is 8.72. The van der Waals surface area contributed by atoms with Crippen LogP contribution in [-0.4, -0.2) is 34.3 Å². The first-order valence-corrected chi connectivity index (χ1v) is 8.72. The normalized spacial score (nSPS) is 12.9. The van der Waals surface area contributed by atoms with E-state index in [2.05, 4.69) is 15.1 Å². The summed E-state index contributed by atoms with van der Waals surface area (Å²) in [6.07, 6.45) is 1.58. The van der Waals surface area contributed by atoms with E-state index in [1.165, 1.54) is 0 Å². The molecule has 140 valence electrons. The number of H-pyrrole nitrogens is 1. The van der Waals surface area contributed by atoms with Crippen LogP contribution in [0.3, 0.4) is 0 Å². The molecular formula is C20H15N3O5. The highest BCUT2D eigenvalue weighted by Gasteiger charge is 2.16. The van der Waals surface area contributed by atoms with Crippen molar-refractivity contribution in [2.24, 2.45) is 0 Å². The van der Waals surface area contributed by atoms with Crippen molar-refractivity contribution in [1.82, 2.24) is 15.1 Å². The number of aromatic nitrogens is 3. The topological polar surface area (TPSA) is 99.5 Å². The van der Waals surface area contributed by atoms with Gasteiger partial charge < -0.3 is 23.7 Å². The molecule has 0 radical (unpaired) electrons. The molecule has 3 heterocycles. The van der Waals surface area contributed by atoms with Crippen LogP contribution in [0, 0.1) is 0 Å². The van der Waals surface area contributed by atoms with Gasteiger partial charge in [-0.25, -0.2) is 9.78 Å². The summed E-state index contributed by atoms with van der Waals surface area (Å²) in [5.41, 5.74) is 3.32. The number of hydrogen-bond acceptors (Lipinski definition) is 7. The molecule has 0 amide bonds. The van der Waals surface area contributed by atoms with Crippen molar-refractivity contribution in [3.8, 4) is 22.8 Å². The fraction of sp³-hybridized carbons (Fsp3) is 0.150. The zero-order valence-electron chi connectivity index (χ0n) is 14.7. The molecule has 0 spiro atoms. The molecule has 1 aliphatic rings. The Morgan fingerprint density at radius 2 is 1.96 bits per heavy atom. The number of aromatic amines is 1. The van der Waals surface area contributed by atoms with Crippen LogP contribution in [0.5, 0.6) is 11.5 Å². The van der Waals surface area contributed by atoms with Gasteiger partial charge in [-0.05, 0) is 36.4 Å². The first-order chi connectivity index (χ1) is 13.8. The lowest BCUT2D eigenvalue weighted by Crippen LogP contribution is -2.15. The van der Waals surface area contributed by atoms with E-state index in [1.54, 1.807) is 30.6 Å². The molecule has 4 aromatic rings. The van der Waals surface area contributed by atoms with Gasteiger partial charge in [0.2, 0.25) is 0 Å². The monoisotopic (exact) mass is 377 g/mol. The molecule has 0 aliphatic carbocycles. The molecule has 0 unspecified atom stereocenters. The minimum Gasteiger partial charge on any atom is -0.486 e. The summed E-state index contributed by atoms with van der Waals surface area (Å²) in [5.74, 6) is 1.49. The van der Waals surface area contributed by atoms with Gasteiger partial charge >= 0.3 is 5.97 Å². The molecule has 2 aromatic heterocycles.